The molecular weight excluding hydrogens is 304 g/mol. The summed E-state index contributed by atoms with van der Waals surface area (Å²) in [5.74, 6) is -3.91. The summed E-state index contributed by atoms with van der Waals surface area (Å²) in [4.78, 5) is 10.8. The van der Waals surface area contributed by atoms with E-state index >= 15 is 0 Å². The van der Waals surface area contributed by atoms with Crippen molar-refractivity contribution in [1.29, 1.82) is 0 Å². The van der Waals surface area contributed by atoms with E-state index in [-0.39, 0.29) is 0 Å². The van der Waals surface area contributed by atoms with Crippen LogP contribution in [0, 0.1) is 0 Å². The first kappa shape index (κ1) is 14.8. The lowest BCUT2D eigenvalue weighted by atomic mass is 9.96. The first-order valence-corrected chi connectivity index (χ1v) is 5.43. The second kappa shape index (κ2) is 4.76. The average Bonchev–Trinajstić information content (AvgIpc) is 2.20. The number of esters is 1. The van der Waals surface area contributed by atoms with Crippen LogP contribution in [0.4, 0.5) is 0 Å². The van der Waals surface area contributed by atoms with Crippen LogP contribution < -0.4 is 0 Å². The van der Waals surface area contributed by atoms with E-state index < -0.39 is 41.4 Å². The molecule has 0 aromatic carbocycles. The molecule has 17 heavy (non-hydrogen) atoms. The minimum atomic E-state index is -2.90. The van der Waals surface area contributed by atoms with Crippen LogP contribution in [0.3, 0.4) is 0 Å². The van der Waals surface area contributed by atoms with Crippen molar-refractivity contribution in [2.24, 2.45) is 0 Å². The predicted octanol–water partition coefficient (Wildman–Crippen LogP) is -2.61. The molecule has 0 saturated carbocycles. The Morgan fingerprint density at radius 1 is 1.47 bits per heavy atom. The second-order valence-electron chi connectivity index (χ2n) is 3.63. The number of hydrogen-bond donors (Lipinski definition) is 5. The van der Waals surface area contributed by atoms with Crippen molar-refractivity contribution in [2.45, 2.75) is 35.7 Å². The first-order valence-electron chi connectivity index (χ1n) is 4.63. The van der Waals surface area contributed by atoms with E-state index in [2.05, 4.69) is 20.7 Å². The zero-order chi connectivity index (χ0) is 13.4. The lowest BCUT2D eigenvalue weighted by Crippen LogP contribution is -2.72. The monoisotopic (exact) mass is 316 g/mol. The third-order valence-electron chi connectivity index (χ3n) is 2.33. The number of halogens is 1. The van der Waals surface area contributed by atoms with Gasteiger partial charge in [-0.1, -0.05) is 0 Å². The molecule has 0 amide bonds. The molecule has 0 radical (unpaired) electrons. The van der Waals surface area contributed by atoms with Crippen molar-refractivity contribution in [3.05, 3.63) is 0 Å². The molecule has 0 aliphatic carbocycles. The summed E-state index contributed by atoms with van der Waals surface area (Å²) >= 11 is 2.52. The third-order valence-corrected chi connectivity index (χ3v) is 3.09. The number of aliphatic hydroxyl groups is 5. The number of rotatable bonds is 2. The summed E-state index contributed by atoms with van der Waals surface area (Å²) in [6.45, 7) is 0.209. The van der Waals surface area contributed by atoms with E-state index in [4.69, 9.17) is 9.84 Å². The van der Waals surface area contributed by atoms with E-state index in [1.54, 1.807) is 0 Å². The van der Waals surface area contributed by atoms with E-state index in [9.17, 15) is 25.2 Å². The van der Waals surface area contributed by atoms with Crippen LogP contribution in [-0.4, -0.2) is 66.9 Å². The van der Waals surface area contributed by atoms with E-state index in [1.807, 2.05) is 0 Å². The summed E-state index contributed by atoms with van der Waals surface area (Å²) in [6.07, 6.45) is -5.17. The van der Waals surface area contributed by atoms with Gasteiger partial charge in [0.1, 0.15) is 12.2 Å². The SMILES string of the molecule is CC(=O)O[C@]1(O)[C@@H](O)[C@H](O)[C@@H](CO)OC1(O)Br. The van der Waals surface area contributed by atoms with Crippen molar-refractivity contribution in [3.63, 3.8) is 0 Å². The van der Waals surface area contributed by atoms with Crippen LogP contribution in [-0.2, 0) is 14.3 Å². The highest BCUT2D eigenvalue weighted by atomic mass is 79.9. The fraction of sp³-hybridized carbons (Fsp3) is 0.875. The van der Waals surface area contributed by atoms with Gasteiger partial charge in [0.25, 0.3) is 4.70 Å². The highest BCUT2D eigenvalue weighted by molar-refractivity contribution is 9.10. The van der Waals surface area contributed by atoms with Crippen LogP contribution in [0.2, 0.25) is 0 Å². The molecule has 5 atom stereocenters. The van der Waals surface area contributed by atoms with Gasteiger partial charge in [0.15, 0.2) is 6.10 Å². The number of ether oxygens (including phenoxy) is 2. The van der Waals surface area contributed by atoms with Gasteiger partial charge in [-0.15, -0.1) is 0 Å². The molecule has 1 unspecified atom stereocenters. The number of hydrogen-bond acceptors (Lipinski definition) is 8. The van der Waals surface area contributed by atoms with Gasteiger partial charge < -0.3 is 35.0 Å². The molecule has 100 valence electrons. The molecular formula is C8H13BrO8. The Kier molecular flexibility index (Phi) is 4.14. The van der Waals surface area contributed by atoms with Crippen molar-refractivity contribution in [3.8, 4) is 0 Å². The molecule has 1 fully saturated rings. The van der Waals surface area contributed by atoms with Gasteiger partial charge in [-0.2, -0.15) is 0 Å². The molecule has 0 aromatic heterocycles. The van der Waals surface area contributed by atoms with E-state index in [1.165, 1.54) is 0 Å². The maximum atomic E-state index is 10.8. The molecule has 1 aliphatic heterocycles. The maximum Gasteiger partial charge on any atom is 0.305 e. The van der Waals surface area contributed by atoms with Gasteiger partial charge in [0.2, 0.25) is 0 Å². The quantitative estimate of drug-likeness (QED) is 0.212. The Morgan fingerprint density at radius 3 is 2.41 bits per heavy atom. The third kappa shape index (κ3) is 2.45. The molecule has 1 heterocycles. The van der Waals surface area contributed by atoms with E-state index in [0.717, 1.165) is 6.92 Å². The molecule has 0 spiro atoms. The Hall–Kier alpha value is -0.290. The van der Waals surface area contributed by atoms with Crippen molar-refractivity contribution in [1.82, 2.24) is 0 Å². The molecule has 1 saturated heterocycles. The predicted molar refractivity (Wildman–Crippen MR) is 54.6 cm³/mol. The Morgan fingerprint density at radius 2 is 2.00 bits per heavy atom. The fourth-order valence-electron chi connectivity index (χ4n) is 1.46. The average molecular weight is 317 g/mol. The smallest absolute Gasteiger partial charge is 0.305 e. The summed E-state index contributed by atoms with van der Waals surface area (Å²) in [5.41, 5.74) is 0. The summed E-state index contributed by atoms with van der Waals surface area (Å²) in [6, 6.07) is 0. The fourth-order valence-corrected chi connectivity index (χ4v) is 2.02. The van der Waals surface area contributed by atoms with Crippen LogP contribution in [0.25, 0.3) is 0 Å². The highest BCUT2D eigenvalue weighted by Crippen LogP contribution is 2.41. The number of carbonyl (C=O) groups excluding carboxylic acids is 1. The largest absolute Gasteiger partial charge is 0.423 e. The van der Waals surface area contributed by atoms with Crippen molar-refractivity contribution in [2.75, 3.05) is 6.61 Å². The first-order chi connectivity index (χ1) is 7.65. The van der Waals surface area contributed by atoms with Crippen molar-refractivity contribution >= 4 is 21.9 Å². The summed E-state index contributed by atoms with van der Waals surface area (Å²) < 4.78 is 6.42. The van der Waals surface area contributed by atoms with E-state index in [0.29, 0.717) is 0 Å². The topological polar surface area (TPSA) is 137 Å². The zero-order valence-corrected chi connectivity index (χ0v) is 10.4. The number of aliphatic hydroxyl groups excluding tert-OH is 3. The van der Waals surface area contributed by atoms with Gasteiger partial charge in [0, 0.05) is 6.92 Å². The normalized spacial score (nSPS) is 46.6. The second-order valence-corrected chi connectivity index (χ2v) is 4.70. The van der Waals surface area contributed by atoms with Gasteiger partial charge in [0.05, 0.1) is 6.61 Å². The molecule has 5 N–H and O–H groups in total. The Balaban J connectivity index is 3.07. The molecule has 8 nitrogen and oxygen atoms in total. The zero-order valence-electron chi connectivity index (χ0n) is 8.78. The van der Waals surface area contributed by atoms with Crippen LogP contribution >= 0.6 is 15.9 Å². The summed E-state index contributed by atoms with van der Waals surface area (Å²) in [5, 5.41) is 47.6. The number of carbonyl (C=O) groups is 1. The van der Waals surface area contributed by atoms with Crippen molar-refractivity contribution < 1.29 is 39.8 Å². The Bertz CT molecular complexity index is 308. The molecule has 0 bridgehead atoms. The highest BCUT2D eigenvalue weighted by Gasteiger charge is 2.65. The number of alkyl halides is 1. The van der Waals surface area contributed by atoms with Gasteiger partial charge in [-0.05, 0) is 15.9 Å². The molecule has 1 rings (SSSR count). The lowest BCUT2D eigenvalue weighted by molar-refractivity contribution is -0.408. The summed E-state index contributed by atoms with van der Waals surface area (Å²) in [7, 11) is 0. The van der Waals surface area contributed by atoms with Crippen LogP contribution in [0.15, 0.2) is 0 Å². The molecule has 0 aromatic rings. The lowest BCUT2D eigenvalue weighted by Gasteiger charge is -2.48. The minimum Gasteiger partial charge on any atom is -0.423 e. The van der Waals surface area contributed by atoms with Crippen LogP contribution in [0.1, 0.15) is 6.92 Å². The van der Waals surface area contributed by atoms with Gasteiger partial charge in [-0.3, -0.25) is 4.79 Å². The van der Waals surface area contributed by atoms with Gasteiger partial charge >= 0.3 is 11.8 Å². The van der Waals surface area contributed by atoms with Crippen LogP contribution in [0.5, 0.6) is 0 Å². The standard InChI is InChI=1S/C8H13BrO8/c1-3(11)16-7(14)6(13)5(12)4(2-10)17-8(7,9)15/h4-6,10,12-15H,2H2,1H3/t4-,5-,6+,7-,8?/m1/s1. The van der Waals surface area contributed by atoms with Gasteiger partial charge in [-0.25, -0.2) is 0 Å². The molecule has 1 aliphatic rings. The Labute approximate surface area is 105 Å². The minimum absolute atomic E-state index is 0.720. The molecule has 9 heteroatoms. The maximum absolute atomic E-state index is 10.8.